The van der Waals surface area contributed by atoms with Gasteiger partial charge in [-0.3, -0.25) is 0 Å². The Morgan fingerprint density at radius 2 is 2.24 bits per heavy atom. The van der Waals surface area contributed by atoms with Gasteiger partial charge in [-0.05, 0) is 36.9 Å². The van der Waals surface area contributed by atoms with Crippen molar-refractivity contribution in [2.45, 2.75) is 25.6 Å². The van der Waals surface area contributed by atoms with Gasteiger partial charge >= 0.3 is 6.18 Å². The van der Waals surface area contributed by atoms with Crippen LogP contribution in [-0.2, 0) is 6.18 Å². The standard InChI is InChI=1S/C15H20F3NOS/c1-2-21-10-14(11-6-7-19-9-11)20-13-5-3-4-12(8-13)15(16,17)18/h3-5,8,11,14,19H,2,6-7,9-10H2,1H3/t11?,14-/m1/s1. The van der Waals surface area contributed by atoms with E-state index in [1.54, 1.807) is 17.8 Å². The van der Waals surface area contributed by atoms with Gasteiger partial charge in [0, 0.05) is 18.2 Å². The molecule has 1 fully saturated rings. The molecule has 0 aromatic heterocycles. The maximum Gasteiger partial charge on any atom is 0.416 e. The highest BCUT2D eigenvalue weighted by Gasteiger charge is 2.31. The molecule has 0 radical (unpaired) electrons. The van der Waals surface area contributed by atoms with E-state index in [1.165, 1.54) is 6.07 Å². The Morgan fingerprint density at radius 3 is 2.86 bits per heavy atom. The summed E-state index contributed by atoms with van der Waals surface area (Å²) in [7, 11) is 0. The van der Waals surface area contributed by atoms with Crippen LogP contribution in [0.15, 0.2) is 24.3 Å². The summed E-state index contributed by atoms with van der Waals surface area (Å²) in [5.41, 5.74) is -0.661. The van der Waals surface area contributed by atoms with Gasteiger partial charge in [-0.15, -0.1) is 0 Å². The highest BCUT2D eigenvalue weighted by Crippen LogP contribution is 2.32. The summed E-state index contributed by atoms with van der Waals surface area (Å²) in [6.07, 6.45) is -3.37. The lowest BCUT2D eigenvalue weighted by Gasteiger charge is -2.24. The second-order valence-electron chi connectivity index (χ2n) is 5.09. The van der Waals surface area contributed by atoms with Gasteiger partial charge in [-0.25, -0.2) is 0 Å². The molecule has 0 bridgehead atoms. The topological polar surface area (TPSA) is 21.3 Å². The van der Waals surface area contributed by atoms with Crippen molar-refractivity contribution in [3.63, 3.8) is 0 Å². The first-order valence-electron chi connectivity index (χ1n) is 7.13. The van der Waals surface area contributed by atoms with Crippen LogP contribution < -0.4 is 10.1 Å². The first kappa shape index (κ1) is 16.5. The number of nitrogens with one attached hydrogen (secondary N) is 1. The number of benzene rings is 1. The molecular weight excluding hydrogens is 299 g/mol. The zero-order chi connectivity index (χ0) is 15.3. The van der Waals surface area contributed by atoms with Crippen LogP contribution in [0.5, 0.6) is 5.75 Å². The van der Waals surface area contributed by atoms with Crippen LogP contribution in [0.25, 0.3) is 0 Å². The molecule has 21 heavy (non-hydrogen) atoms. The van der Waals surface area contributed by atoms with Crippen molar-refractivity contribution < 1.29 is 17.9 Å². The van der Waals surface area contributed by atoms with E-state index in [-0.39, 0.29) is 6.10 Å². The summed E-state index contributed by atoms with van der Waals surface area (Å²) in [5, 5.41) is 3.28. The van der Waals surface area contributed by atoms with E-state index in [1.807, 2.05) is 0 Å². The summed E-state index contributed by atoms with van der Waals surface area (Å²) in [6, 6.07) is 5.15. The molecular formula is C15H20F3NOS. The van der Waals surface area contributed by atoms with Crippen LogP contribution in [0.3, 0.4) is 0 Å². The lowest BCUT2D eigenvalue weighted by Crippen LogP contribution is -2.31. The van der Waals surface area contributed by atoms with E-state index in [0.29, 0.717) is 11.7 Å². The molecule has 0 spiro atoms. The Kier molecular flexibility index (Phi) is 5.81. The van der Waals surface area contributed by atoms with Crippen LogP contribution in [-0.4, -0.2) is 30.7 Å². The van der Waals surface area contributed by atoms with Crippen LogP contribution in [0.4, 0.5) is 13.2 Å². The molecule has 1 aromatic carbocycles. The Balaban J connectivity index is 2.08. The zero-order valence-electron chi connectivity index (χ0n) is 12.0. The molecule has 0 aliphatic carbocycles. The molecule has 0 amide bonds. The van der Waals surface area contributed by atoms with Crippen molar-refractivity contribution in [2.24, 2.45) is 5.92 Å². The summed E-state index contributed by atoms with van der Waals surface area (Å²) in [4.78, 5) is 0. The van der Waals surface area contributed by atoms with Crippen molar-refractivity contribution in [2.75, 3.05) is 24.6 Å². The molecule has 6 heteroatoms. The van der Waals surface area contributed by atoms with Gasteiger partial charge in [0.15, 0.2) is 0 Å². The molecule has 2 atom stereocenters. The Labute approximate surface area is 127 Å². The van der Waals surface area contributed by atoms with Gasteiger partial charge < -0.3 is 10.1 Å². The number of alkyl halides is 3. The Bertz CT molecular complexity index is 447. The molecule has 0 saturated carbocycles. The zero-order valence-corrected chi connectivity index (χ0v) is 12.8. The third kappa shape index (κ3) is 4.81. The maximum atomic E-state index is 12.7. The normalized spacial score (nSPS) is 20.5. The number of thioether (sulfide) groups is 1. The van der Waals surface area contributed by atoms with E-state index in [2.05, 4.69) is 12.2 Å². The Hall–Kier alpha value is -0.880. The number of hydrogen-bond donors (Lipinski definition) is 1. The van der Waals surface area contributed by atoms with E-state index >= 15 is 0 Å². The molecule has 1 aliphatic heterocycles. The molecule has 1 unspecified atom stereocenters. The minimum absolute atomic E-state index is 0.0477. The monoisotopic (exact) mass is 319 g/mol. The summed E-state index contributed by atoms with van der Waals surface area (Å²) in [6.45, 7) is 3.89. The summed E-state index contributed by atoms with van der Waals surface area (Å²) in [5.74, 6) is 2.44. The fraction of sp³-hybridized carbons (Fsp3) is 0.600. The third-order valence-corrected chi connectivity index (χ3v) is 4.53. The largest absolute Gasteiger partial charge is 0.489 e. The number of ether oxygens (including phenoxy) is 1. The summed E-state index contributed by atoms with van der Waals surface area (Å²) >= 11 is 1.76. The molecule has 1 aliphatic rings. The van der Waals surface area contributed by atoms with Gasteiger partial charge in [-0.2, -0.15) is 24.9 Å². The highest BCUT2D eigenvalue weighted by molar-refractivity contribution is 7.99. The van der Waals surface area contributed by atoms with E-state index in [4.69, 9.17) is 4.74 Å². The minimum atomic E-state index is -4.33. The van der Waals surface area contributed by atoms with Crippen molar-refractivity contribution in [1.29, 1.82) is 0 Å². The smallest absolute Gasteiger partial charge is 0.416 e. The average molecular weight is 319 g/mol. The number of rotatable bonds is 6. The SMILES string of the molecule is CCSC[C@@H](Oc1cccc(C(F)(F)F)c1)C1CCNC1. The molecule has 1 heterocycles. The van der Waals surface area contributed by atoms with Gasteiger partial charge in [0.05, 0.1) is 5.56 Å². The van der Waals surface area contributed by atoms with Crippen molar-refractivity contribution in [3.05, 3.63) is 29.8 Å². The molecule has 1 saturated heterocycles. The molecule has 2 nitrogen and oxygen atoms in total. The van der Waals surface area contributed by atoms with Gasteiger partial charge in [-0.1, -0.05) is 13.0 Å². The van der Waals surface area contributed by atoms with E-state index in [0.717, 1.165) is 43.1 Å². The van der Waals surface area contributed by atoms with Gasteiger partial charge in [0.2, 0.25) is 0 Å². The maximum absolute atomic E-state index is 12.7. The van der Waals surface area contributed by atoms with Gasteiger partial charge in [0.25, 0.3) is 0 Å². The number of hydrogen-bond acceptors (Lipinski definition) is 3. The van der Waals surface area contributed by atoms with Crippen LogP contribution in [0, 0.1) is 5.92 Å². The predicted octanol–water partition coefficient (Wildman–Crippen LogP) is 3.82. The quantitative estimate of drug-likeness (QED) is 0.861. The third-order valence-electron chi connectivity index (χ3n) is 3.56. The van der Waals surface area contributed by atoms with E-state index in [9.17, 15) is 13.2 Å². The molecule has 1 aromatic rings. The number of halogens is 3. The lowest BCUT2D eigenvalue weighted by molar-refractivity contribution is -0.137. The fourth-order valence-electron chi connectivity index (χ4n) is 2.42. The average Bonchev–Trinajstić information content (AvgIpc) is 2.97. The minimum Gasteiger partial charge on any atom is -0.489 e. The molecule has 2 rings (SSSR count). The van der Waals surface area contributed by atoms with Crippen molar-refractivity contribution >= 4 is 11.8 Å². The fourth-order valence-corrected chi connectivity index (χ4v) is 3.22. The first-order valence-corrected chi connectivity index (χ1v) is 8.28. The summed E-state index contributed by atoms with van der Waals surface area (Å²) < 4.78 is 44.1. The second-order valence-corrected chi connectivity index (χ2v) is 6.41. The van der Waals surface area contributed by atoms with Gasteiger partial charge in [0.1, 0.15) is 11.9 Å². The van der Waals surface area contributed by atoms with Crippen LogP contribution in [0.1, 0.15) is 18.9 Å². The van der Waals surface area contributed by atoms with Crippen LogP contribution >= 0.6 is 11.8 Å². The highest BCUT2D eigenvalue weighted by atomic mass is 32.2. The van der Waals surface area contributed by atoms with Crippen molar-refractivity contribution in [1.82, 2.24) is 5.32 Å². The van der Waals surface area contributed by atoms with Crippen molar-refractivity contribution in [3.8, 4) is 5.75 Å². The van der Waals surface area contributed by atoms with Crippen LogP contribution in [0.2, 0.25) is 0 Å². The lowest BCUT2D eigenvalue weighted by atomic mass is 10.0. The molecule has 1 N–H and O–H groups in total. The van der Waals surface area contributed by atoms with E-state index < -0.39 is 11.7 Å². The second kappa shape index (κ2) is 7.40. The molecule has 118 valence electrons. The predicted molar refractivity (Wildman–Crippen MR) is 79.8 cm³/mol. The first-order chi connectivity index (χ1) is 10.0. The Morgan fingerprint density at radius 1 is 1.43 bits per heavy atom.